The molecule has 2 heterocycles. The summed E-state index contributed by atoms with van der Waals surface area (Å²) in [7, 11) is -1.76. The van der Waals surface area contributed by atoms with E-state index < -0.39 is 10.0 Å². The van der Waals surface area contributed by atoms with Gasteiger partial charge >= 0.3 is 0 Å². The normalized spacial score (nSPS) is 20.3. The second kappa shape index (κ2) is 13.6. The summed E-state index contributed by atoms with van der Waals surface area (Å²) < 4.78 is 33.0. The quantitative estimate of drug-likeness (QED) is 0.241. The number of piperidine rings is 1. The molecule has 0 radical (unpaired) electrons. The van der Waals surface area contributed by atoms with E-state index in [1.54, 1.807) is 19.2 Å². The SMILES string of the molecule is CN=C(NCCN1CCCCC1)NCc1ccc(S(=O)(=O)NCC2CCCO2)cc1.I. The van der Waals surface area contributed by atoms with E-state index >= 15 is 0 Å². The second-order valence-corrected chi connectivity index (χ2v) is 9.65. The summed E-state index contributed by atoms with van der Waals surface area (Å²) in [6.07, 6.45) is 5.81. The molecule has 176 valence electrons. The highest BCUT2D eigenvalue weighted by Crippen LogP contribution is 2.14. The number of nitrogens with one attached hydrogen (secondary N) is 3. The van der Waals surface area contributed by atoms with Crippen LogP contribution in [0.15, 0.2) is 34.2 Å². The zero-order valence-corrected chi connectivity index (χ0v) is 21.5. The Morgan fingerprint density at radius 3 is 2.52 bits per heavy atom. The summed E-state index contributed by atoms with van der Waals surface area (Å²) >= 11 is 0. The van der Waals surface area contributed by atoms with Gasteiger partial charge in [0.25, 0.3) is 0 Å². The Morgan fingerprint density at radius 1 is 1.13 bits per heavy atom. The van der Waals surface area contributed by atoms with Crippen molar-refractivity contribution in [2.24, 2.45) is 4.99 Å². The first-order valence-corrected chi connectivity index (χ1v) is 12.4. The monoisotopic (exact) mass is 565 g/mol. The van der Waals surface area contributed by atoms with Crippen molar-refractivity contribution in [3.63, 3.8) is 0 Å². The molecule has 0 spiro atoms. The molecule has 0 saturated carbocycles. The van der Waals surface area contributed by atoms with Gasteiger partial charge in [0.2, 0.25) is 10.0 Å². The van der Waals surface area contributed by atoms with Crippen LogP contribution >= 0.6 is 24.0 Å². The Labute approximate surface area is 203 Å². The van der Waals surface area contributed by atoms with Crippen LogP contribution in [-0.2, 0) is 21.3 Å². The Bertz CT molecular complexity index is 777. The zero-order valence-electron chi connectivity index (χ0n) is 18.3. The van der Waals surface area contributed by atoms with E-state index in [-0.39, 0.29) is 35.0 Å². The van der Waals surface area contributed by atoms with E-state index in [0.717, 1.165) is 37.5 Å². The van der Waals surface area contributed by atoms with Gasteiger partial charge in [-0.05, 0) is 56.5 Å². The minimum Gasteiger partial charge on any atom is -0.377 e. The largest absolute Gasteiger partial charge is 0.377 e. The molecule has 2 saturated heterocycles. The van der Waals surface area contributed by atoms with Gasteiger partial charge in [-0.1, -0.05) is 18.6 Å². The molecule has 1 aromatic carbocycles. The number of nitrogens with zero attached hydrogens (tertiary/aromatic N) is 2. The first kappa shape index (κ1) is 26.3. The van der Waals surface area contributed by atoms with Crippen LogP contribution in [0.2, 0.25) is 0 Å². The van der Waals surface area contributed by atoms with Gasteiger partial charge in [0.15, 0.2) is 5.96 Å². The van der Waals surface area contributed by atoms with E-state index in [9.17, 15) is 8.42 Å². The van der Waals surface area contributed by atoms with Crippen LogP contribution in [0, 0.1) is 0 Å². The average molecular weight is 566 g/mol. The first-order valence-electron chi connectivity index (χ1n) is 10.9. The van der Waals surface area contributed by atoms with Crippen LogP contribution in [0.4, 0.5) is 0 Å². The molecule has 0 aromatic heterocycles. The van der Waals surface area contributed by atoms with E-state index in [0.29, 0.717) is 19.7 Å². The van der Waals surface area contributed by atoms with Crippen molar-refractivity contribution in [1.82, 2.24) is 20.3 Å². The molecule has 3 N–H and O–H groups in total. The molecule has 0 aliphatic carbocycles. The van der Waals surface area contributed by atoms with E-state index in [1.165, 1.54) is 32.4 Å². The lowest BCUT2D eigenvalue weighted by Crippen LogP contribution is -2.42. The van der Waals surface area contributed by atoms with Crippen LogP contribution in [0.1, 0.15) is 37.7 Å². The molecule has 10 heteroatoms. The van der Waals surface area contributed by atoms with Crippen molar-refractivity contribution < 1.29 is 13.2 Å². The van der Waals surface area contributed by atoms with Gasteiger partial charge in [-0.2, -0.15) is 0 Å². The second-order valence-electron chi connectivity index (χ2n) is 7.89. The van der Waals surface area contributed by atoms with Crippen molar-refractivity contribution in [2.45, 2.75) is 49.6 Å². The Kier molecular flexibility index (Phi) is 11.5. The third kappa shape index (κ3) is 8.83. The van der Waals surface area contributed by atoms with Crippen molar-refractivity contribution >= 4 is 40.0 Å². The van der Waals surface area contributed by atoms with Crippen molar-refractivity contribution in [1.29, 1.82) is 0 Å². The van der Waals surface area contributed by atoms with Crippen LogP contribution in [0.3, 0.4) is 0 Å². The van der Waals surface area contributed by atoms with Gasteiger partial charge < -0.3 is 20.3 Å². The van der Waals surface area contributed by atoms with Crippen molar-refractivity contribution in [3.05, 3.63) is 29.8 Å². The van der Waals surface area contributed by atoms with Crippen LogP contribution < -0.4 is 15.4 Å². The Morgan fingerprint density at radius 2 is 1.87 bits per heavy atom. The fraction of sp³-hybridized carbons (Fsp3) is 0.667. The molecule has 0 bridgehead atoms. The van der Waals surface area contributed by atoms with Crippen LogP contribution in [0.25, 0.3) is 0 Å². The number of hydrogen-bond donors (Lipinski definition) is 3. The van der Waals surface area contributed by atoms with Gasteiger partial charge in [-0.3, -0.25) is 4.99 Å². The van der Waals surface area contributed by atoms with Gasteiger partial charge in [0.1, 0.15) is 0 Å². The third-order valence-corrected chi connectivity index (χ3v) is 7.05. The molecular weight excluding hydrogens is 529 g/mol. The summed E-state index contributed by atoms with van der Waals surface area (Å²) in [4.78, 5) is 7.02. The van der Waals surface area contributed by atoms with Gasteiger partial charge in [-0.25, -0.2) is 13.1 Å². The third-order valence-electron chi connectivity index (χ3n) is 5.61. The average Bonchev–Trinajstić information content (AvgIpc) is 3.30. The number of halogens is 1. The maximum Gasteiger partial charge on any atom is 0.240 e. The fourth-order valence-corrected chi connectivity index (χ4v) is 4.87. The summed E-state index contributed by atoms with van der Waals surface area (Å²) in [5.41, 5.74) is 0.993. The first-order chi connectivity index (χ1) is 14.6. The number of guanidine groups is 1. The Hall–Kier alpha value is -0.950. The maximum atomic E-state index is 12.4. The number of sulfonamides is 1. The van der Waals surface area contributed by atoms with Crippen molar-refractivity contribution in [3.8, 4) is 0 Å². The van der Waals surface area contributed by atoms with Gasteiger partial charge in [0, 0.05) is 39.8 Å². The Balaban J connectivity index is 0.00000341. The van der Waals surface area contributed by atoms with Crippen LogP contribution in [0.5, 0.6) is 0 Å². The summed E-state index contributed by atoms with van der Waals surface area (Å²) in [5, 5.41) is 6.63. The molecular formula is C21H36IN5O3S. The van der Waals surface area contributed by atoms with Crippen molar-refractivity contribution in [2.75, 3.05) is 46.4 Å². The number of hydrogen-bond acceptors (Lipinski definition) is 5. The highest BCUT2D eigenvalue weighted by Gasteiger charge is 2.20. The van der Waals surface area contributed by atoms with Gasteiger partial charge in [0.05, 0.1) is 11.0 Å². The molecule has 1 atom stereocenters. The number of likely N-dealkylation sites (tertiary alicyclic amines) is 1. The molecule has 2 fully saturated rings. The predicted octanol–water partition coefficient (Wildman–Crippen LogP) is 1.91. The zero-order chi connectivity index (χ0) is 21.2. The van der Waals surface area contributed by atoms with E-state index in [1.807, 2.05) is 12.1 Å². The summed E-state index contributed by atoms with van der Waals surface area (Å²) in [6.45, 7) is 5.86. The summed E-state index contributed by atoms with van der Waals surface area (Å²) in [5.74, 6) is 0.752. The molecule has 3 rings (SSSR count). The van der Waals surface area contributed by atoms with Gasteiger partial charge in [-0.15, -0.1) is 24.0 Å². The standard InChI is InChI=1S/C21H35N5O3S.HI/c1-22-21(23-11-14-26-12-3-2-4-13-26)24-16-18-7-9-20(10-8-18)30(27,28)25-17-19-6-5-15-29-19;/h7-10,19,25H,2-6,11-17H2,1H3,(H2,22,23,24);1H. The molecule has 31 heavy (non-hydrogen) atoms. The van der Waals surface area contributed by atoms with E-state index in [2.05, 4.69) is 25.2 Å². The predicted molar refractivity (Wildman–Crippen MR) is 135 cm³/mol. The minimum absolute atomic E-state index is 0. The summed E-state index contributed by atoms with van der Waals surface area (Å²) in [6, 6.07) is 6.94. The fourth-order valence-electron chi connectivity index (χ4n) is 3.80. The molecule has 1 unspecified atom stereocenters. The lowest BCUT2D eigenvalue weighted by atomic mass is 10.1. The lowest BCUT2D eigenvalue weighted by Gasteiger charge is -2.26. The highest BCUT2D eigenvalue weighted by molar-refractivity contribution is 14.0. The van der Waals surface area contributed by atoms with E-state index in [4.69, 9.17) is 4.74 Å². The molecule has 8 nitrogen and oxygen atoms in total. The molecule has 1 aromatic rings. The number of aliphatic imine (C=N–C) groups is 1. The molecule has 2 aliphatic rings. The smallest absolute Gasteiger partial charge is 0.240 e. The number of benzene rings is 1. The van der Waals surface area contributed by atoms with Crippen LogP contribution in [-0.4, -0.2) is 71.8 Å². The number of ether oxygens (including phenoxy) is 1. The number of rotatable bonds is 9. The highest BCUT2D eigenvalue weighted by atomic mass is 127. The minimum atomic E-state index is -3.51. The molecule has 0 amide bonds. The molecule has 2 aliphatic heterocycles. The lowest BCUT2D eigenvalue weighted by molar-refractivity contribution is 0.114. The topological polar surface area (TPSA) is 95.1 Å². The maximum absolute atomic E-state index is 12.4.